The summed E-state index contributed by atoms with van der Waals surface area (Å²) in [6.07, 6.45) is 3.44. The average molecular weight is 223 g/mol. The quantitative estimate of drug-likeness (QED) is 0.734. The van der Waals surface area contributed by atoms with E-state index >= 15 is 0 Å². The van der Waals surface area contributed by atoms with Crippen LogP contribution in [-0.4, -0.2) is 36.1 Å². The molecule has 1 N–H and O–H groups in total. The number of methoxy groups -OCH3 is 1. The molecule has 0 aromatic heterocycles. The molecule has 1 fully saturated rings. The Hall–Kier alpha value is -1.45. The molecule has 2 aliphatic rings. The molecule has 16 heavy (non-hydrogen) atoms. The predicted octanol–water partition coefficient (Wildman–Crippen LogP) is 1.60. The first-order valence-electron chi connectivity index (χ1n) is 5.54. The van der Waals surface area contributed by atoms with Crippen molar-refractivity contribution < 1.29 is 14.6 Å². The fraction of sp³-hybridized carbons (Fsp3) is 0.583. The molecular weight excluding hydrogens is 206 g/mol. The molecule has 0 bridgehead atoms. The van der Waals surface area contributed by atoms with Crippen LogP contribution >= 0.6 is 0 Å². The van der Waals surface area contributed by atoms with E-state index < -0.39 is 0 Å². The van der Waals surface area contributed by atoms with Crippen LogP contribution in [0.5, 0.6) is 0 Å². The second kappa shape index (κ2) is 4.20. The molecule has 0 radical (unpaired) electrons. The molecule has 4 nitrogen and oxygen atoms in total. The zero-order chi connectivity index (χ0) is 11.7. The minimum Gasteiger partial charge on any atom is -0.508 e. The summed E-state index contributed by atoms with van der Waals surface area (Å²) >= 11 is 0. The van der Waals surface area contributed by atoms with Gasteiger partial charge in [0.05, 0.1) is 7.11 Å². The summed E-state index contributed by atoms with van der Waals surface area (Å²) in [5, 5.41) is 9.71. The molecule has 0 aromatic carbocycles. The van der Waals surface area contributed by atoms with Crippen molar-refractivity contribution in [2.24, 2.45) is 5.92 Å². The van der Waals surface area contributed by atoms with Gasteiger partial charge in [0.25, 0.3) is 0 Å². The van der Waals surface area contributed by atoms with Crippen molar-refractivity contribution in [2.75, 3.05) is 20.2 Å². The second-order valence-electron chi connectivity index (χ2n) is 4.36. The number of fused-ring (bicyclic) bond motifs is 1. The van der Waals surface area contributed by atoms with E-state index in [4.69, 9.17) is 4.74 Å². The summed E-state index contributed by atoms with van der Waals surface area (Å²) < 4.78 is 5.10. The number of allylic oxidation sites excluding steroid dienone is 2. The zero-order valence-electron chi connectivity index (χ0n) is 9.69. The molecule has 1 saturated heterocycles. The van der Waals surface area contributed by atoms with Gasteiger partial charge in [0, 0.05) is 26.4 Å². The Labute approximate surface area is 95.2 Å². The number of ether oxygens (including phenoxy) is 1. The molecule has 4 heteroatoms. The number of piperidine rings is 1. The maximum absolute atomic E-state index is 11.3. The Kier molecular flexibility index (Phi) is 2.90. The highest BCUT2D eigenvalue weighted by Gasteiger charge is 2.29. The third-order valence-corrected chi connectivity index (χ3v) is 3.35. The highest BCUT2D eigenvalue weighted by molar-refractivity contribution is 5.73. The minimum atomic E-state index is 0.108. The third kappa shape index (κ3) is 1.92. The second-order valence-corrected chi connectivity index (χ2v) is 4.36. The average Bonchev–Trinajstić information content (AvgIpc) is 2.27. The fourth-order valence-electron chi connectivity index (χ4n) is 2.35. The van der Waals surface area contributed by atoms with Crippen LogP contribution in [-0.2, 0) is 9.53 Å². The smallest absolute Gasteiger partial charge is 0.219 e. The summed E-state index contributed by atoms with van der Waals surface area (Å²) in [7, 11) is 1.55. The van der Waals surface area contributed by atoms with Gasteiger partial charge >= 0.3 is 0 Å². The van der Waals surface area contributed by atoms with Gasteiger partial charge in [-0.3, -0.25) is 4.79 Å². The van der Waals surface area contributed by atoms with Crippen LogP contribution in [0.4, 0.5) is 0 Å². The number of rotatable bonds is 1. The lowest BCUT2D eigenvalue weighted by atomic mass is 9.84. The molecule has 0 spiro atoms. The van der Waals surface area contributed by atoms with Gasteiger partial charge in [0.15, 0.2) is 5.76 Å². The van der Waals surface area contributed by atoms with E-state index in [2.05, 4.69) is 0 Å². The predicted molar refractivity (Wildman–Crippen MR) is 59.7 cm³/mol. The Morgan fingerprint density at radius 1 is 1.62 bits per heavy atom. The molecule has 88 valence electrons. The first-order chi connectivity index (χ1) is 7.61. The monoisotopic (exact) mass is 223 g/mol. The van der Waals surface area contributed by atoms with Gasteiger partial charge in [0.1, 0.15) is 5.76 Å². The lowest BCUT2D eigenvalue weighted by Gasteiger charge is -2.35. The van der Waals surface area contributed by atoms with Gasteiger partial charge < -0.3 is 14.7 Å². The summed E-state index contributed by atoms with van der Waals surface area (Å²) in [4.78, 5) is 13.1. The van der Waals surface area contributed by atoms with Crippen LogP contribution in [0.15, 0.2) is 23.2 Å². The third-order valence-electron chi connectivity index (χ3n) is 3.35. The van der Waals surface area contributed by atoms with E-state index in [1.165, 1.54) is 5.57 Å². The van der Waals surface area contributed by atoms with Gasteiger partial charge in [-0.15, -0.1) is 0 Å². The van der Waals surface area contributed by atoms with Crippen molar-refractivity contribution in [3.8, 4) is 0 Å². The number of nitrogens with zero attached hydrogens (tertiary/aromatic N) is 1. The highest BCUT2D eigenvalue weighted by atomic mass is 16.5. The van der Waals surface area contributed by atoms with E-state index in [-0.39, 0.29) is 5.91 Å². The summed E-state index contributed by atoms with van der Waals surface area (Å²) in [6.45, 7) is 3.04. The van der Waals surface area contributed by atoms with Crippen LogP contribution in [0.1, 0.15) is 19.8 Å². The molecule has 0 saturated carbocycles. The van der Waals surface area contributed by atoms with Crippen LogP contribution in [0.2, 0.25) is 0 Å². The summed E-state index contributed by atoms with van der Waals surface area (Å²) in [5.41, 5.74) is 1.19. The maximum atomic E-state index is 11.3. The molecule has 1 amide bonds. The van der Waals surface area contributed by atoms with Gasteiger partial charge in [-0.2, -0.15) is 0 Å². The van der Waals surface area contributed by atoms with E-state index in [1.54, 1.807) is 14.0 Å². The summed E-state index contributed by atoms with van der Waals surface area (Å²) in [5.74, 6) is 1.34. The number of carbonyl (C=O) groups is 1. The van der Waals surface area contributed by atoms with Crippen LogP contribution in [0.25, 0.3) is 0 Å². The zero-order valence-corrected chi connectivity index (χ0v) is 9.69. The highest BCUT2D eigenvalue weighted by Crippen LogP contribution is 2.34. The first-order valence-corrected chi connectivity index (χ1v) is 5.54. The first kappa shape index (κ1) is 11.0. The number of carbonyl (C=O) groups excluding carboxylic acids is 1. The Morgan fingerprint density at radius 2 is 2.38 bits per heavy atom. The molecule has 1 atom stereocenters. The number of likely N-dealkylation sites (tertiary alicyclic amines) is 1. The van der Waals surface area contributed by atoms with Crippen molar-refractivity contribution in [1.82, 2.24) is 4.90 Å². The van der Waals surface area contributed by atoms with E-state index in [9.17, 15) is 9.90 Å². The lowest BCUT2D eigenvalue weighted by Crippen LogP contribution is -2.39. The number of aliphatic hydroxyl groups is 1. The molecule has 0 aromatic rings. The molecule has 1 unspecified atom stereocenters. The number of hydrogen-bond donors (Lipinski definition) is 1. The Balaban J connectivity index is 2.19. The van der Waals surface area contributed by atoms with Crippen LogP contribution in [0.3, 0.4) is 0 Å². The number of hydrogen-bond acceptors (Lipinski definition) is 3. The SMILES string of the molecule is COC1=C(O)CC2CCN(C(C)=O)CC2=C1. The van der Waals surface area contributed by atoms with Crippen LogP contribution < -0.4 is 0 Å². The van der Waals surface area contributed by atoms with Gasteiger partial charge in [-0.1, -0.05) is 0 Å². The normalized spacial score (nSPS) is 25.0. The molecular formula is C12H17NO3. The number of amides is 1. The lowest BCUT2D eigenvalue weighted by molar-refractivity contribution is -0.129. The molecule has 2 rings (SSSR count). The van der Waals surface area contributed by atoms with Crippen LogP contribution in [0, 0.1) is 5.92 Å². The summed E-state index contributed by atoms with van der Waals surface area (Å²) in [6, 6.07) is 0. The molecule has 1 aliphatic carbocycles. The standard InChI is InChI=1S/C12H17NO3/c1-8(14)13-4-3-9-5-11(15)12(16-2)6-10(9)7-13/h6,9,15H,3-5,7H2,1-2H3. The van der Waals surface area contributed by atoms with Crippen molar-refractivity contribution in [1.29, 1.82) is 0 Å². The van der Waals surface area contributed by atoms with E-state index in [0.29, 0.717) is 30.4 Å². The van der Waals surface area contributed by atoms with Crippen molar-refractivity contribution >= 4 is 5.91 Å². The maximum Gasteiger partial charge on any atom is 0.219 e. The van der Waals surface area contributed by atoms with Crippen molar-refractivity contribution in [3.05, 3.63) is 23.2 Å². The van der Waals surface area contributed by atoms with E-state index in [0.717, 1.165) is 13.0 Å². The van der Waals surface area contributed by atoms with Crippen molar-refractivity contribution in [2.45, 2.75) is 19.8 Å². The van der Waals surface area contributed by atoms with Gasteiger partial charge in [0.2, 0.25) is 5.91 Å². The number of aliphatic hydroxyl groups excluding tert-OH is 1. The Morgan fingerprint density at radius 3 is 3.00 bits per heavy atom. The van der Waals surface area contributed by atoms with Crippen molar-refractivity contribution in [3.63, 3.8) is 0 Å². The van der Waals surface area contributed by atoms with E-state index in [1.807, 2.05) is 11.0 Å². The topological polar surface area (TPSA) is 49.8 Å². The Bertz CT molecular complexity index is 370. The molecule has 1 heterocycles. The molecule has 1 aliphatic heterocycles. The largest absolute Gasteiger partial charge is 0.508 e. The van der Waals surface area contributed by atoms with Gasteiger partial charge in [-0.25, -0.2) is 0 Å². The van der Waals surface area contributed by atoms with Gasteiger partial charge in [-0.05, 0) is 24.0 Å². The minimum absolute atomic E-state index is 0.108. The fourth-order valence-corrected chi connectivity index (χ4v) is 2.35.